The largest absolute Gasteiger partial charge is 0.341 e. The van der Waals surface area contributed by atoms with Crippen molar-refractivity contribution >= 4 is 21.5 Å². The molecule has 2 rings (SSSR count). The molecule has 1 heterocycles. The van der Waals surface area contributed by atoms with Crippen molar-refractivity contribution in [2.75, 3.05) is 18.8 Å². The average molecular weight is 380 g/mol. The van der Waals surface area contributed by atoms with E-state index < -0.39 is 15.1 Å². The summed E-state index contributed by atoms with van der Waals surface area (Å²) in [5.74, 6) is 0.255. The van der Waals surface area contributed by atoms with Gasteiger partial charge in [0.15, 0.2) is 15.6 Å². The highest BCUT2D eigenvalue weighted by atomic mass is 32.2. The normalized spacial score (nSPS) is 18.1. The van der Waals surface area contributed by atoms with Gasteiger partial charge in [-0.25, -0.2) is 8.42 Å². The second-order valence-corrected chi connectivity index (χ2v) is 9.80. The lowest BCUT2D eigenvalue weighted by atomic mass is 10.0. The maximum absolute atomic E-state index is 12.4. The number of rotatable bonds is 8. The molecule has 144 valence electrons. The molecule has 0 spiro atoms. The Morgan fingerprint density at radius 2 is 1.85 bits per heavy atom. The molecular formula is C20H29NO4S. The van der Waals surface area contributed by atoms with Crippen LogP contribution in [0.3, 0.4) is 0 Å². The predicted molar refractivity (Wildman–Crippen MR) is 103 cm³/mol. The third-order valence-corrected chi connectivity index (χ3v) is 7.23. The summed E-state index contributed by atoms with van der Waals surface area (Å²) < 4.78 is 24.9. The molecule has 0 radical (unpaired) electrons. The van der Waals surface area contributed by atoms with Crippen molar-refractivity contribution in [1.29, 1.82) is 0 Å². The second-order valence-electron chi connectivity index (χ2n) is 7.47. The highest BCUT2D eigenvalue weighted by Gasteiger charge is 2.32. The minimum absolute atomic E-state index is 0.0365. The molecule has 1 aromatic rings. The van der Waals surface area contributed by atoms with Crippen LogP contribution in [0.4, 0.5) is 0 Å². The molecule has 0 saturated carbocycles. The van der Waals surface area contributed by atoms with Crippen LogP contribution in [-0.2, 0) is 14.6 Å². The van der Waals surface area contributed by atoms with Gasteiger partial charge in [0.05, 0.1) is 11.0 Å². The minimum atomic E-state index is -3.17. The molecule has 1 unspecified atom stereocenters. The number of carbonyl (C=O) groups is 2. The van der Waals surface area contributed by atoms with E-state index in [1.165, 1.54) is 0 Å². The summed E-state index contributed by atoms with van der Waals surface area (Å²) in [7, 11) is -3.17. The fraction of sp³-hybridized carbons (Fsp3) is 0.600. The molecule has 0 N–H and O–H groups in total. The number of amides is 1. The Morgan fingerprint density at radius 3 is 2.50 bits per heavy atom. The highest BCUT2D eigenvalue weighted by molar-refractivity contribution is 7.92. The summed E-state index contributed by atoms with van der Waals surface area (Å²) in [6.07, 6.45) is 2.46. The zero-order chi connectivity index (χ0) is 19.2. The average Bonchev–Trinajstić information content (AvgIpc) is 2.61. The van der Waals surface area contributed by atoms with Crippen LogP contribution < -0.4 is 0 Å². The predicted octanol–water partition coefficient (Wildman–Crippen LogP) is 3.10. The molecule has 1 amide bonds. The monoisotopic (exact) mass is 379 g/mol. The third kappa shape index (κ3) is 5.94. The number of nitrogens with zero attached hydrogens (tertiary/aromatic N) is 1. The molecule has 1 saturated heterocycles. The summed E-state index contributed by atoms with van der Waals surface area (Å²) in [6.45, 7) is 4.69. The van der Waals surface area contributed by atoms with Gasteiger partial charge in [0.25, 0.3) is 0 Å². The molecule has 26 heavy (non-hydrogen) atoms. The summed E-state index contributed by atoms with van der Waals surface area (Å²) in [5.41, 5.74) is 0.665. The molecule has 1 aliphatic rings. The van der Waals surface area contributed by atoms with Crippen molar-refractivity contribution in [2.24, 2.45) is 5.92 Å². The Kier molecular flexibility index (Phi) is 7.38. The number of hydrogen-bond acceptors (Lipinski definition) is 4. The Hall–Kier alpha value is -1.69. The van der Waals surface area contributed by atoms with Crippen LogP contribution in [0.5, 0.6) is 0 Å². The van der Waals surface area contributed by atoms with E-state index in [0.717, 1.165) is 6.42 Å². The third-order valence-electron chi connectivity index (χ3n) is 4.69. The minimum Gasteiger partial charge on any atom is -0.341 e. The Bertz CT molecular complexity index is 713. The molecule has 0 bridgehead atoms. The van der Waals surface area contributed by atoms with Crippen LogP contribution in [0.1, 0.15) is 56.3 Å². The maximum atomic E-state index is 12.4. The van der Waals surface area contributed by atoms with Gasteiger partial charge >= 0.3 is 0 Å². The fourth-order valence-electron chi connectivity index (χ4n) is 3.39. The van der Waals surface area contributed by atoms with E-state index in [0.29, 0.717) is 37.9 Å². The Labute approximate surface area is 156 Å². The summed E-state index contributed by atoms with van der Waals surface area (Å²) in [5, 5.41) is -0.450. The molecular weight excluding hydrogens is 350 g/mol. The smallest absolute Gasteiger partial charge is 0.222 e. The van der Waals surface area contributed by atoms with Crippen molar-refractivity contribution in [2.45, 2.75) is 51.2 Å². The SMILES string of the molecule is CC(C)CS(=O)(=O)C1CCCN(C(=O)CCCC(=O)c2ccccc2)C1. The van der Waals surface area contributed by atoms with Gasteiger partial charge in [0.1, 0.15) is 0 Å². The van der Waals surface area contributed by atoms with Crippen LogP contribution >= 0.6 is 0 Å². The summed E-state index contributed by atoms with van der Waals surface area (Å²) in [6, 6.07) is 9.06. The first-order valence-corrected chi connectivity index (χ1v) is 11.1. The van der Waals surface area contributed by atoms with E-state index in [1.807, 2.05) is 32.0 Å². The van der Waals surface area contributed by atoms with Gasteiger partial charge in [-0.3, -0.25) is 9.59 Å². The zero-order valence-electron chi connectivity index (χ0n) is 15.7. The molecule has 1 aromatic carbocycles. The van der Waals surface area contributed by atoms with E-state index in [-0.39, 0.29) is 29.8 Å². The molecule has 6 heteroatoms. The number of benzene rings is 1. The van der Waals surface area contributed by atoms with E-state index in [1.54, 1.807) is 17.0 Å². The summed E-state index contributed by atoms with van der Waals surface area (Å²) >= 11 is 0. The van der Waals surface area contributed by atoms with Crippen LogP contribution in [0.2, 0.25) is 0 Å². The van der Waals surface area contributed by atoms with Crippen LogP contribution in [-0.4, -0.2) is 49.1 Å². The number of Topliss-reactive ketones (excluding diaryl/α,β-unsaturated/α-hetero) is 1. The Morgan fingerprint density at radius 1 is 1.15 bits per heavy atom. The zero-order valence-corrected chi connectivity index (χ0v) is 16.5. The first-order valence-electron chi connectivity index (χ1n) is 9.37. The number of carbonyl (C=O) groups excluding carboxylic acids is 2. The Balaban J connectivity index is 1.83. The van der Waals surface area contributed by atoms with Gasteiger partial charge in [0.2, 0.25) is 5.91 Å². The van der Waals surface area contributed by atoms with Gasteiger partial charge in [-0.2, -0.15) is 0 Å². The lowest BCUT2D eigenvalue weighted by Gasteiger charge is -2.33. The van der Waals surface area contributed by atoms with Gasteiger partial charge in [-0.15, -0.1) is 0 Å². The van der Waals surface area contributed by atoms with Crippen LogP contribution in [0, 0.1) is 5.92 Å². The number of likely N-dealkylation sites (tertiary alicyclic amines) is 1. The number of hydrogen-bond donors (Lipinski definition) is 0. The number of piperidine rings is 1. The highest BCUT2D eigenvalue weighted by Crippen LogP contribution is 2.20. The molecule has 0 aliphatic carbocycles. The molecule has 1 atom stereocenters. The topological polar surface area (TPSA) is 71.5 Å². The van der Waals surface area contributed by atoms with Crippen LogP contribution in [0.15, 0.2) is 30.3 Å². The standard InChI is InChI=1S/C20H29NO4S/c1-16(2)15-26(24,25)18-10-7-13-21(14-18)20(23)12-6-11-19(22)17-8-4-3-5-9-17/h3-5,8-9,16,18H,6-7,10-15H2,1-2H3. The van der Waals surface area contributed by atoms with Gasteiger partial charge < -0.3 is 4.90 Å². The molecule has 1 aliphatic heterocycles. The lowest BCUT2D eigenvalue weighted by Crippen LogP contribution is -2.46. The molecule has 1 fully saturated rings. The van der Waals surface area contributed by atoms with Crippen molar-refractivity contribution in [3.8, 4) is 0 Å². The maximum Gasteiger partial charge on any atom is 0.222 e. The molecule has 5 nitrogen and oxygen atoms in total. The van der Waals surface area contributed by atoms with Gasteiger partial charge in [-0.1, -0.05) is 44.2 Å². The second kappa shape index (κ2) is 9.31. The van der Waals surface area contributed by atoms with E-state index in [9.17, 15) is 18.0 Å². The van der Waals surface area contributed by atoms with E-state index in [2.05, 4.69) is 0 Å². The van der Waals surface area contributed by atoms with Crippen molar-refractivity contribution < 1.29 is 18.0 Å². The quantitative estimate of drug-likeness (QED) is 0.651. The van der Waals surface area contributed by atoms with Crippen molar-refractivity contribution in [1.82, 2.24) is 4.90 Å². The van der Waals surface area contributed by atoms with Crippen LogP contribution in [0.25, 0.3) is 0 Å². The fourth-order valence-corrected chi connectivity index (χ4v) is 5.52. The van der Waals surface area contributed by atoms with E-state index >= 15 is 0 Å². The first kappa shape index (κ1) is 20.6. The van der Waals surface area contributed by atoms with E-state index in [4.69, 9.17) is 0 Å². The first-order chi connectivity index (χ1) is 12.3. The lowest BCUT2D eigenvalue weighted by molar-refractivity contribution is -0.132. The van der Waals surface area contributed by atoms with Crippen molar-refractivity contribution in [3.05, 3.63) is 35.9 Å². The summed E-state index contributed by atoms with van der Waals surface area (Å²) in [4.78, 5) is 26.2. The van der Waals surface area contributed by atoms with Gasteiger partial charge in [0, 0.05) is 31.5 Å². The number of ketones is 1. The number of sulfone groups is 1. The van der Waals surface area contributed by atoms with Crippen molar-refractivity contribution in [3.63, 3.8) is 0 Å². The molecule has 0 aromatic heterocycles. The van der Waals surface area contributed by atoms with Gasteiger partial charge in [-0.05, 0) is 25.2 Å².